The van der Waals surface area contributed by atoms with E-state index in [1.54, 1.807) is 7.11 Å². The van der Waals surface area contributed by atoms with Gasteiger partial charge in [-0.05, 0) is 39.3 Å². The summed E-state index contributed by atoms with van der Waals surface area (Å²) in [5.41, 5.74) is 5.52. The Kier molecular flexibility index (Phi) is 11.0. The number of ether oxygens (including phenoxy) is 1. The summed E-state index contributed by atoms with van der Waals surface area (Å²) in [7, 11) is 1.67. The number of carbonyl (C=O) groups excluding carboxylic acids is 1. The minimum absolute atomic E-state index is 0.0842. The average molecular weight is 259 g/mol. The van der Waals surface area contributed by atoms with E-state index in [1.165, 1.54) is 0 Å². The maximum Gasteiger partial charge on any atom is 0.237 e. The van der Waals surface area contributed by atoms with Crippen LogP contribution in [0.2, 0.25) is 0 Å². The fourth-order valence-corrected chi connectivity index (χ4v) is 1.82. The number of rotatable bonds is 11. The van der Waals surface area contributed by atoms with Crippen molar-refractivity contribution in [3.63, 3.8) is 0 Å². The third-order valence-electron chi connectivity index (χ3n) is 2.91. The molecule has 3 N–H and O–H groups in total. The minimum atomic E-state index is -0.0842. The zero-order chi connectivity index (χ0) is 13.8. The molecule has 0 rings (SSSR count). The van der Waals surface area contributed by atoms with Gasteiger partial charge in [0.15, 0.2) is 0 Å². The lowest BCUT2D eigenvalue weighted by atomic mass is 10.2. The summed E-state index contributed by atoms with van der Waals surface area (Å²) in [6, 6.07) is -0.0842. The van der Waals surface area contributed by atoms with E-state index in [0.29, 0.717) is 19.7 Å². The highest BCUT2D eigenvalue weighted by molar-refractivity contribution is 5.81. The topological polar surface area (TPSA) is 67.6 Å². The first-order valence-corrected chi connectivity index (χ1v) is 6.88. The van der Waals surface area contributed by atoms with Crippen LogP contribution in [-0.2, 0) is 9.53 Å². The summed E-state index contributed by atoms with van der Waals surface area (Å²) in [6.45, 7) is 7.93. The highest BCUT2D eigenvalue weighted by Crippen LogP contribution is 2.02. The van der Waals surface area contributed by atoms with Gasteiger partial charge in [0.05, 0.1) is 6.04 Å². The van der Waals surface area contributed by atoms with Crippen molar-refractivity contribution >= 4 is 5.91 Å². The SMILES string of the molecule is CCCN(CCCN)C(C)C(=O)NCCCOC. The minimum Gasteiger partial charge on any atom is -0.385 e. The van der Waals surface area contributed by atoms with Gasteiger partial charge in [-0.25, -0.2) is 0 Å². The summed E-state index contributed by atoms with van der Waals surface area (Å²) < 4.78 is 4.95. The van der Waals surface area contributed by atoms with Gasteiger partial charge in [0.1, 0.15) is 0 Å². The Bertz CT molecular complexity index is 212. The Morgan fingerprint density at radius 2 is 2.11 bits per heavy atom. The van der Waals surface area contributed by atoms with Crippen molar-refractivity contribution in [2.24, 2.45) is 5.73 Å². The average Bonchev–Trinajstić information content (AvgIpc) is 2.38. The Balaban J connectivity index is 4.02. The molecule has 108 valence electrons. The van der Waals surface area contributed by atoms with Crippen LogP contribution in [0.1, 0.15) is 33.1 Å². The quantitative estimate of drug-likeness (QED) is 0.533. The lowest BCUT2D eigenvalue weighted by Gasteiger charge is -2.27. The smallest absolute Gasteiger partial charge is 0.237 e. The van der Waals surface area contributed by atoms with Crippen LogP contribution in [0.15, 0.2) is 0 Å². The number of hydrogen-bond acceptors (Lipinski definition) is 4. The van der Waals surface area contributed by atoms with E-state index in [9.17, 15) is 4.79 Å². The van der Waals surface area contributed by atoms with Crippen LogP contribution in [0.4, 0.5) is 0 Å². The van der Waals surface area contributed by atoms with E-state index in [2.05, 4.69) is 17.1 Å². The second kappa shape index (κ2) is 11.4. The molecule has 1 atom stereocenters. The standard InChI is InChI=1S/C13H29N3O2/c1-4-9-16(10-5-7-14)12(2)13(17)15-8-6-11-18-3/h12H,4-11,14H2,1-3H3,(H,15,17). The first-order valence-electron chi connectivity index (χ1n) is 6.88. The molecule has 1 unspecified atom stereocenters. The molecule has 18 heavy (non-hydrogen) atoms. The molecule has 0 aromatic carbocycles. The van der Waals surface area contributed by atoms with Crippen molar-refractivity contribution in [2.75, 3.05) is 39.9 Å². The third-order valence-corrected chi connectivity index (χ3v) is 2.91. The van der Waals surface area contributed by atoms with Crippen LogP contribution in [-0.4, -0.2) is 56.7 Å². The molecule has 5 heteroatoms. The Labute approximate surface area is 111 Å². The number of nitrogens with zero attached hydrogens (tertiary/aromatic N) is 1. The molecule has 0 aromatic rings. The monoisotopic (exact) mass is 259 g/mol. The highest BCUT2D eigenvalue weighted by atomic mass is 16.5. The summed E-state index contributed by atoms with van der Waals surface area (Å²) in [6.07, 6.45) is 2.83. The second-order valence-corrected chi connectivity index (χ2v) is 4.49. The number of methoxy groups -OCH3 is 1. The number of hydrogen-bond donors (Lipinski definition) is 2. The van der Waals surface area contributed by atoms with Gasteiger partial charge in [0.2, 0.25) is 5.91 Å². The first-order chi connectivity index (χ1) is 8.67. The number of nitrogens with one attached hydrogen (secondary N) is 1. The molecule has 0 saturated heterocycles. The maximum absolute atomic E-state index is 12.0. The van der Waals surface area contributed by atoms with Crippen LogP contribution in [0.5, 0.6) is 0 Å². The van der Waals surface area contributed by atoms with E-state index in [1.807, 2.05) is 6.92 Å². The van der Waals surface area contributed by atoms with E-state index in [4.69, 9.17) is 10.5 Å². The van der Waals surface area contributed by atoms with Crippen molar-refractivity contribution < 1.29 is 9.53 Å². The lowest BCUT2D eigenvalue weighted by Crippen LogP contribution is -2.46. The van der Waals surface area contributed by atoms with Crippen molar-refractivity contribution in [2.45, 2.75) is 39.2 Å². The van der Waals surface area contributed by atoms with Crippen LogP contribution >= 0.6 is 0 Å². The molecule has 0 radical (unpaired) electrons. The molecule has 0 bridgehead atoms. The highest BCUT2D eigenvalue weighted by Gasteiger charge is 2.19. The molecular formula is C13H29N3O2. The molecule has 0 heterocycles. The predicted molar refractivity (Wildman–Crippen MR) is 74.5 cm³/mol. The van der Waals surface area contributed by atoms with Gasteiger partial charge in [0.25, 0.3) is 0 Å². The van der Waals surface area contributed by atoms with Gasteiger partial charge in [0, 0.05) is 26.8 Å². The van der Waals surface area contributed by atoms with Crippen molar-refractivity contribution in [3.05, 3.63) is 0 Å². The van der Waals surface area contributed by atoms with E-state index >= 15 is 0 Å². The van der Waals surface area contributed by atoms with Crippen LogP contribution in [0, 0.1) is 0 Å². The fraction of sp³-hybridized carbons (Fsp3) is 0.923. The normalized spacial score (nSPS) is 12.7. The van der Waals surface area contributed by atoms with Crippen molar-refractivity contribution in [1.82, 2.24) is 10.2 Å². The molecule has 0 fully saturated rings. The summed E-state index contributed by atoms with van der Waals surface area (Å²) in [5.74, 6) is 0.0941. The third kappa shape index (κ3) is 7.63. The van der Waals surface area contributed by atoms with Gasteiger partial charge in [-0.1, -0.05) is 6.92 Å². The van der Waals surface area contributed by atoms with Gasteiger partial charge in [-0.3, -0.25) is 9.69 Å². The zero-order valence-corrected chi connectivity index (χ0v) is 12.1. The summed E-state index contributed by atoms with van der Waals surface area (Å²) >= 11 is 0. The van der Waals surface area contributed by atoms with Crippen molar-refractivity contribution in [3.8, 4) is 0 Å². The number of amides is 1. The predicted octanol–water partition coefficient (Wildman–Crippen LogP) is 0.588. The molecular weight excluding hydrogens is 230 g/mol. The van der Waals surface area contributed by atoms with Gasteiger partial charge < -0.3 is 15.8 Å². The van der Waals surface area contributed by atoms with E-state index < -0.39 is 0 Å². The molecule has 1 amide bonds. The first kappa shape index (κ1) is 17.4. The molecule has 0 aromatic heterocycles. The van der Waals surface area contributed by atoms with Gasteiger partial charge in [-0.15, -0.1) is 0 Å². The molecule has 0 aliphatic heterocycles. The Morgan fingerprint density at radius 3 is 2.67 bits per heavy atom. The fourth-order valence-electron chi connectivity index (χ4n) is 1.82. The molecule has 0 saturated carbocycles. The van der Waals surface area contributed by atoms with E-state index in [-0.39, 0.29) is 11.9 Å². The summed E-state index contributed by atoms with van der Waals surface area (Å²) in [4.78, 5) is 14.2. The zero-order valence-electron chi connectivity index (χ0n) is 12.1. The molecule has 0 aliphatic rings. The molecule has 0 aliphatic carbocycles. The van der Waals surface area contributed by atoms with Gasteiger partial charge in [-0.2, -0.15) is 0 Å². The van der Waals surface area contributed by atoms with Crippen LogP contribution in [0.25, 0.3) is 0 Å². The second-order valence-electron chi connectivity index (χ2n) is 4.49. The number of nitrogens with two attached hydrogens (primary N) is 1. The molecule has 5 nitrogen and oxygen atoms in total. The van der Waals surface area contributed by atoms with Crippen LogP contribution < -0.4 is 11.1 Å². The van der Waals surface area contributed by atoms with Gasteiger partial charge >= 0.3 is 0 Å². The van der Waals surface area contributed by atoms with Crippen molar-refractivity contribution in [1.29, 1.82) is 0 Å². The summed E-state index contributed by atoms with van der Waals surface area (Å²) in [5, 5.41) is 2.94. The largest absolute Gasteiger partial charge is 0.385 e. The Hall–Kier alpha value is -0.650. The Morgan fingerprint density at radius 1 is 1.39 bits per heavy atom. The van der Waals surface area contributed by atoms with Crippen LogP contribution in [0.3, 0.4) is 0 Å². The molecule has 0 spiro atoms. The van der Waals surface area contributed by atoms with E-state index in [0.717, 1.165) is 32.4 Å². The maximum atomic E-state index is 12.0. The lowest BCUT2D eigenvalue weighted by molar-refractivity contribution is -0.126. The number of carbonyl (C=O) groups is 1.